The fraction of sp³-hybridized carbons (Fsp3) is 0.150. The Morgan fingerprint density at radius 3 is 2.83 bits per heavy atom. The molecule has 156 valence electrons. The van der Waals surface area contributed by atoms with Crippen molar-refractivity contribution in [1.82, 2.24) is 10.5 Å². The number of dihydropyridines is 1. The van der Waals surface area contributed by atoms with Gasteiger partial charge in [-0.1, -0.05) is 22.8 Å². The molecule has 0 saturated heterocycles. The molecule has 0 amide bonds. The first kappa shape index (κ1) is 20.0. The first-order chi connectivity index (χ1) is 14.4. The molecule has 30 heavy (non-hydrogen) atoms. The normalized spacial score (nSPS) is 13.7. The van der Waals surface area contributed by atoms with Crippen LogP contribution in [-0.2, 0) is 6.61 Å². The van der Waals surface area contributed by atoms with Crippen LogP contribution >= 0.6 is 11.6 Å². The van der Waals surface area contributed by atoms with Gasteiger partial charge in [-0.2, -0.15) is 0 Å². The second kappa shape index (κ2) is 8.19. The molecule has 2 N–H and O–H groups in total. The highest BCUT2D eigenvalue weighted by Gasteiger charge is 2.32. The van der Waals surface area contributed by atoms with E-state index in [4.69, 9.17) is 20.9 Å². The third-order valence-electron chi connectivity index (χ3n) is 4.17. The number of alkyl halides is 3. The van der Waals surface area contributed by atoms with Gasteiger partial charge in [0.15, 0.2) is 11.4 Å². The van der Waals surface area contributed by atoms with Crippen LogP contribution in [0.1, 0.15) is 5.56 Å². The van der Waals surface area contributed by atoms with Gasteiger partial charge in [-0.25, -0.2) is 0 Å². The van der Waals surface area contributed by atoms with Crippen molar-refractivity contribution < 1.29 is 27.2 Å². The Morgan fingerprint density at radius 1 is 1.20 bits per heavy atom. The minimum Gasteiger partial charge on any atom is -0.488 e. The van der Waals surface area contributed by atoms with Crippen molar-refractivity contribution in [3.63, 3.8) is 0 Å². The summed E-state index contributed by atoms with van der Waals surface area (Å²) in [5, 5.41) is 11.1. The highest BCUT2D eigenvalue weighted by Crippen LogP contribution is 2.35. The molecule has 0 saturated carbocycles. The number of nitrogens with one attached hydrogen (secondary N) is 2. The first-order valence-corrected chi connectivity index (χ1v) is 9.18. The van der Waals surface area contributed by atoms with Crippen LogP contribution in [0.4, 0.5) is 19.0 Å². The topological polar surface area (TPSA) is 68.5 Å². The van der Waals surface area contributed by atoms with Crippen LogP contribution in [0.2, 0.25) is 5.02 Å². The third kappa shape index (κ3) is 4.62. The summed E-state index contributed by atoms with van der Waals surface area (Å²) in [6.45, 7) is 0.372. The molecule has 2 aromatic carbocycles. The Bertz CT molecular complexity index is 1130. The molecular formula is C20H15ClF3N3O3. The maximum Gasteiger partial charge on any atom is 0.573 e. The molecule has 0 atom stereocenters. The smallest absolute Gasteiger partial charge is 0.488 e. The van der Waals surface area contributed by atoms with Crippen LogP contribution < -0.4 is 20.1 Å². The lowest BCUT2D eigenvalue weighted by Gasteiger charge is -2.15. The van der Waals surface area contributed by atoms with E-state index >= 15 is 0 Å². The van der Waals surface area contributed by atoms with E-state index in [9.17, 15) is 13.2 Å². The van der Waals surface area contributed by atoms with Gasteiger partial charge in [0, 0.05) is 16.3 Å². The zero-order valence-corrected chi connectivity index (χ0v) is 16.1. The van der Waals surface area contributed by atoms with Gasteiger partial charge in [0.25, 0.3) is 0 Å². The maximum atomic E-state index is 12.7. The Kier molecular flexibility index (Phi) is 5.45. The molecule has 1 aliphatic heterocycles. The Labute approximate surface area is 173 Å². The average Bonchev–Trinajstić information content (AvgIpc) is 3.11. The van der Waals surface area contributed by atoms with Crippen molar-refractivity contribution in [3.05, 3.63) is 71.0 Å². The molecule has 0 unspecified atom stereocenters. The van der Waals surface area contributed by atoms with Crippen molar-refractivity contribution in [3.8, 4) is 11.5 Å². The molecule has 2 heterocycles. The molecule has 0 fully saturated rings. The van der Waals surface area contributed by atoms with E-state index in [0.717, 1.165) is 11.8 Å². The van der Waals surface area contributed by atoms with Gasteiger partial charge in [0.05, 0.1) is 6.54 Å². The van der Waals surface area contributed by atoms with Crippen LogP contribution in [-0.4, -0.2) is 18.1 Å². The number of allylic oxidation sites excluding steroid dienone is 2. The molecule has 0 aliphatic carbocycles. The fourth-order valence-corrected chi connectivity index (χ4v) is 3.10. The lowest BCUT2D eigenvalue weighted by molar-refractivity contribution is -0.275. The summed E-state index contributed by atoms with van der Waals surface area (Å²) in [5.74, 6) is 0.434. The van der Waals surface area contributed by atoms with Crippen LogP contribution in [0.5, 0.6) is 11.5 Å². The fourth-order valence-electron chi connectivity index (χ4n) is 2.91. The maximum absolute atomic E-state index is 12.7. The van der Waals surface area contributed by atoms with Gasteiger partial charge in [-0.05, 0) is 48.7 Å². The molecule has 0 radical (unpaired) electrons. The first-order valence-electron chi connectivity index (χ1n) is 8.80. The number of nitrogens with zero attached hydrogens (tertiary/aromatic N) is 1. The van der Waals surface area contributed by atoms with E-state index in [2.05, 4.69) is 20.5 Å². The lowest BCUT2D eigenvalue weighted by Crippen LogP contribution is -2.18. The lowest BCUT2D eigenvalue weighted by atomic mass is 10.2. The van der Waals surface area contributed by atoms with E-state index in [-0.39, 0.29) is 22.9 Å². The largest absolute Gasteiger partial charge is 0.573 e. The van der Waals surface area contributed by atoms with Crippen LogP contribution in [0.3, 0.4) is 0 Å². The minimum atomic E-state index is -4.83. The monoisotopic (exact) mass is 437 g/mol. The van der Waals surface area contributed by atoms with E-state index in [0.29, 0.717) is 29.1 Å². The van der Waals surface area contributed by atoms with Gasteiger partial charge in [-0.15, -0.1) is 13.2 Å². The van der Waals surface area contributed by atoms with E-state index in [1.807, 2.05) is 18.4 Å². The van der Waals surface area contributed by atoms with Crippen molar-refractivity contribution in [2.45, 2.75) is 13.0 Å². The number of rotatable bonds is 6. The highest BCUT2D eigenvalue weighted by atomic mass is 35.5. The molecule has 0 bridgehead atoms. The van der Waals surface area contributed by atoms with Crippen LogP contribution in [0, 0.1) is 0 Å². The van der Waals surface area contributed by atoms with Crippen LogP contribution in [0.15, 0.2) is 65.0 Å². The number of aromatic nitrogens is 1. The van der Waals surface area contributed by atoms with Gasteiger partial charge in [0.2, 0.25) is 0 Å². The molecule has 10 heteroatoms. The van der Waals surface area contributed by atoms with Gasteiger partial charge in [-0.3, -0.25) is 0 Å². The molecule has 6 nitrogen and oxygen atoms in total. The molecule has 0 spiro atoms. The molecule has 1 aromatic heterocycles. The summed E-state index contributed by atoms with van der Waals surface area (Å²) in [6.07, 6.45) is 0.705. The van der Waals surface area contributed by atoms with Gasteiger partial charge < -0.3 is 24.6 Å². The summed E-state index contributed by atoms with van der Waals surface area (Å²) in [6, 6.07) is 8.91. The molecular weight excluding hydrogens is 423 g/mol. The Morgan fingerprint density at radius 2 is 2.07 bits per heavy atom. The number of hydrogen-bond donors (Lipinski definition) is 2. The standard InChI is InChI=1S/C20H15ClF3N3O3/c21-13-6-7-15(29-20(22,23)24)12(9-13)11-28-16-4-1-5-17-18(16)19(27-30-17)26-14-3-2-8-25-10-14/h1-9,25H,10-11H2,(H,26,27). The summed E-state index contributed by atoms with van der Waals surface area (Å²) in [7, 11) is 0. The molecule has 3 aromatic rings. The summed E-state index contributed by atoms with van der Waals surface area (Å²) in [4.78, 5) is 0. The Balaban J connectivity index is 1.61. The van der Waals surface area contributed by atoms with Crippen molar-refractivity contribution >= 4 is 28.4 Å². The number of hydrogen-bond acceptors (Lipinski definition) is 6. The summed E-state index contributed by atoms with van der Waals surface area (Å²) >= 11 is 5.94. The van der Waals surface area contributed by atoms with E-state index in [1.165, 1.54) is 12.1 Å². The zero-order chi connectivity index (χ0) is 21.1. The SMILES string of the molecule is FC(F)(F)Oc1ccc(Cl)cc1COc1cccc2onc(NC3=CC=CNC3)c12. The minimum absolute atomic E-state index is 0.145. The number of anilines is 1. The van der Waals surface area contributed by atoms with E-state index < -0.39 is 6.36 Å². The molecule has 4 rings (SSSR count). The quantitative estimate of drug-likeness (QED) is 0.540. The van der Waals surface area contributed by atoms with Crippen molar-refractivity contribution in [2.75, 3.05) is 11.9 Å². The Hall–Kier alpha value is -3.33. The summed E-state index contributed by atoms with van der Waals surface area (Å²) in [5.41, 5.74) is 1.47. The third-order valence-corrected chi connectivity index (χ3v) is 4.41. The van der Waals surface area contributed by atoms with Crippen molar-refractivity contribution in [2.24, 2.45) is 0 Å². The number of benzene rings is 2. The van der Waals surface area contributed by atoms with E-state index in [1.54, 1.807) is 18.2 Å². The summed E-state index contributed by atoms with van der Waals surface area (Å²) < 4.78 is 53.3. The molecule has 1 aliphatic rings. The van der Waals surface area contributed by atoms with Gasteiger partial charge >= 0.3 is 6.36 Å². The highest BCUT2D eigenvalue weighted by molar-refractivity contribution is 6.30. The predicted octanol–water partition coefficient (Wildman–Crippen LogP) is 5.37. The van der Waals surface area contributed by atoms with Crippen LogP contribution in [0.25, 0.3) is 11.0 Å². The second-order valence-electron chi connectivity index (χ2n) is 6.31. The zero-order valence-electron chi connectivity index (χ0n) is 15.3. The van der Waals surface area contributed by atoms with Crippen molar-refractivity contribution in [1.29, 1.82) is 0 Å². The number of fused-ring (bicyclic) bond motifs is 1. The second-order valence-corrected chi connectivity index (χ2v) is 6.74. The number of ether oxygens (including phenoxy) is 2. The average molecular weight is 438 g/mol. The predicted molar refractivity (Wildman–Crippen MR) is 105 cm³/mol. The van der Waals surface area contributed by atoms with Gasteiger partial charge in [0.1, 0.15) is 23.5 Å². The number of halogens is 4.